The van der Waals surface area contributed by atoms with Gasteiger partial charge in [-0.15, -0.1) is 0 Å². The van der Waals surface area contributed by atoms with Crippen LogP contribution in [0, 0.1) is 0 Å². The van der Waals surface area contributed by atoms with Crippen molar-refractivity contribution >= 4 is 44.8 Å². The van der Waals surface area contributed by atoms with Gasteiger partial charge in [0.15, 0.2) is 16.8 Å². The highest BCUT2D eigenvalue weighted by Crippen LogP contribution is 2.31. The smallest absolute Gasteiger partial charge is 0.274 e. The number of benzene rings is 1. The lowest BCUT2D eigenvalue weighted by molar-refractivity contribution is 0.0610. The van der Waals surface area contributed by atoms with Gasteiger partial charge in [-0.05, 0) is 50.0 Å². The second kappa shape index (κ2) is 13.3. The number of likely N-dealkylation sites (tertiary alicyclic amines) is 1. The number of aromatic nitrogens is 2. The molecule has 1 aromatic heterocycles. The molecule has 3 heterocycles. The summed E-state index contributed by atoms with van der Waals surface area (Å²) in [7, 11) is -3.76. The predicted molar refractivity (Wildman–Crippen MR) is 162 cm³/mol. The zero-order valence-electron chi connectivity index (χ0n) is 23.0. The van der Waals surface area contributed by atoms with Crippen molar-refractivity contribution in [2.45, 2.75) is 44.8 Å². The molecule has 0 bridgehead atoms. The summed E-state index contributed by atoms with van der Waals surface area (Å²) in [5.74, 6) is 0.781. The maximum Gasteiger partial charge on any atom is 0.274 e. The predicted octanol–water partition coefficient (Wildman–Crippen LogP) is 1.21. The Morgan fingerprint density at radius 1 is 1.10 bits per heavy atom. The van der Waals surface area contributed by atoms with E-state index in [-0.39, 0.29) is 24.1 Å². The molecule has 8 N–H and O–H groups in total. The molecule has 1 atom stereocenters. The quantitative estimate of drug-likeness (QED) is 0.189. The highest BCUT2D eigenvalue weighted by Gasteiger charge is 2.34. The molecule has 12 nitrogen and oxygen atoms in total. The first-order chi connectivity index (χ1) is 19.0. The minimum Gasteiger partial charge on any atom is -0.399 e. The molecule has 0 saturated carbocycles. The standard InChI is InChI=1S/C26H41ClN10O2S/c1-3-21-17-36(26-24(27)33-23(25(29)34-26)18(2)31-10-11-32-40(30,38)39)14-15-37(21)22-8-12-35(13-9-22)16-19-4-6-20(28)7-5-19/h4-7,21-22,31-32H,2-3,8-17,28H2,1H3,(H2,29,34)(H2,30,38,39)/t21-/m0/s1. The van der Waals surface area contributed by atoms with Gasteiger partial charge in [0.1, 0.15) is 5.69 Å². The van der Waals surface area contributed by atoms with Crippen LogP contribution in [-0.2, 0) is 16.8 Å². The Bertz CT molecular complexity index is 1270. The zero-order chi connectivity index (χ0) is 28.9. The summed E-state index contributed by atoms with van der Waals surface area (Å²) in [6.07, 6.45) is 3.32. The number of nitrogens with one attached hydrogen (secondary N) is 2. The van der Waals surface area contributed by atoms with Crippen molar-refractivity contribution in [3.63, 3.8) is 0 Å². The Kier molecular flexibility index (Phi) is 10.1. The van der Waals surface area contributed by atoms with Crippen molar-refractivity contribution < 1.29 is 8.42 Å². The van der Waals surface area contributed by atoms with Crippen molar-refractivity contribution in [3.05, 3.63) is 47.3 Å². The number of piperazine rings is 1. The molecule has 40 heavy (non-hydrogen) atoms. The van der Waals surface area contributed by atoms with Crippen molar-refractivity contribution in [1.29, 1.82) is 0 Å². The number of nitrogens with zero attached hydrogens (tertiary/aromatic N) is 5. The highest BCUT2D eigenvalue weighted by atomic mass is 35.5. The van der Waals surface area contributed by atoms with Gasteiger partial charge in [-0.3, -0.25) is 9.80 Å². The zero-order valence-corrected chi connectivity index (χ0v) is 24.6. The molecular weight excluding hydrogens is 552 g/mol. The molecule has 14 heteroatoms. The molecule has 220 valence electrons. The van der Waals surface area contributed by atoms with Crippen LogP contribution in [0.15, 0.2) is 30.8 Å². The van der Waals surface area contributed by atoms with E-state index in [9.17, 15) is 8.42 Å². The van der Waals surface area contributed by atoms with E-state index >= 15 is 0 Å². The van der Waals surface area contributed by atoms with Crippen LogP contribution >= 0.6 is 11.6 Å². The summed E-state index contributed by atoms with van der Waals surface area (Å²) >= 11 is 6.59. The van der Waals surface area contributed by atoms with Gasteiger partial charge in [-0.25, -0.2) is 19.8 Å². The summed E-state index contributed by atoms with van der Waals surface area (Å²) in [5, 5.41) is 8.17. The lowest BCUT2D eigenvalue weighted by atomic mass is 9.98. The first-order valence-electron chi connectivity index (χ1n) is 13.6. The fourth-order valence-corrected chi connectivity index (χ4v) is 6.16. The third-order valence-corrected chi connectivity index (χ3v) is 8.49. The van der Waals surface area contributed by atoms with Gasteiger partial charge in [-0.2, -0.15) is 8.42 Å². The number of hydrogen-bond acceptors (Lipinski definition) is 10. The SMILES string of the molecule is C=C(NCCNS(N)(=O)=O)c1nc(Cl)c(N2CCN(C3CCN(Cc4ccc(N)cc4)CC3)[C@@H](CC)C2)nc1N. The van der Waals surface area contributed by atoms with Gasteiger partial charge in [0.2, 0.25) is 0 Å². The van der Waals surface area contributed by atoms with Gasteiger partial charge in [-0.1, -0.05) is 37.2 Å². The molecule has 1 aromatic carbocycles. The molecule has 0 spiro atoms. The fraction of sp³-hybridized carbons (Fsp3) is 0.538. The molecule has 2 saturated heterocycles. The van der Waals surface area contributed by atoms with E-state index in [0.29, 0.717) is 29.3 Å². The van der Waals surface area contributed by atoms with Crippen LogP contribution in [-0.4, -0.2) is 86.1 Å². The van der Waals surface area contributed by atoms with Crippen molar-refractivity contribution in [2.75, 3.05) is 62.2 Å². The van der Waals surface area contributed by atoms with E-state index in [0.717, 1.165) is 64.2 Å². The Labute approximate surface area is 242 Å². The molecule has 0 aliphatic carbocycles. The summed E-state index contributed by atoms with van der Waals surface area (Å²) < 4.78 is 24.2. The second-order valence-electron chi connectivity index (χ2n) is 10.4. The van der Waals surface area contributed by atoms with Gasteiger partial charge in [0, 0.05) is 57.0 Å². The van der Waals surface area contributed by atoms with E-state index in [1.807, 2.05) is 12.1 Å². The van der Waals surface area contributed by atoms with E-state index in [4.69, 9.17) is 28.2 Å². The Morgan fingerprint density at radius 3 is 2.45 bits per heavy atom. The maximum absolute atomic E-state index is 11.0. The van der Waals surface area contributed by atoms with Gasteiger partial charge >= 0.3 is 0 Å². The van der Waals surface area contributed by atoms with Crippen LogP contribution in [0.5, 0.6) is 0 Å². The Balaban J connectivity index is 1.32. The Morgan fingerprint density at radius 2 is 1.80 bits per heavy atom. The average Bonchev–Trinajstić information content (AvgIpc) is 2.93. The minimum absolute atomic E-state index is 0.0846. The first-order valence-corrected chi connectivity index (χ1v) is 15.6. The monoisotopic (exact) mass is 592 g/mol. The van der Waals surface area contributed by atoms with Crippen LogP contribution in [0.1, 0.15) is 37.4 Å². The first kappa shape index (κ1) is 30.3. The number of piperidine rings is 1. The molecule has 2 aliphatic heterocycles. The lowest BCUT2D eigenvalue weighted by Gasteiger charge is -2.47. The molecule has 4 rings (SSSR count). The largest absolute Gasteiger partial charge is 0.399 e. The second-order valence-corrected chi connectivity index (χ2v) is 12.1. The topological polar surface area (TPSA) is 172 Å². The molecule has 2 fully saturated rings. The van der Waals surface area contributed by atoms with Crippen LogP contribution in [0.25, 0.3) is 5.70 Å². The molecule has 0 radical (unpaired) electrons. The van der Waals surface area contributed by atoms with E-state index in [1.54, 1.807) is 0 Å². The van der Waals surface area contributed by atoms with Crippen LogP contribution < -0.4 is 31.5 Å². The summed E-state index contributed by atoms with van der Waals surface area (Å²) in [6.45, 7) is 12.1. The number of anilines is 3. The normalized spacial score (nSPS) is 19.6. The highest BCUT2D eigenvalue weighted by molar-refractivity contribution is 7.87. The van der Waals surface area contributed by atoms with Crippen LogP contribution in [0.3, 0.4) is 0 Å². The fourth-order valence-electron chi connectivity index (χ4n) is 5.53. The number of halogens is 1. The molecule has 0 amide bonds. The summed E-state index contributed by atoms with van der Waals surface area (Å²) in [6, 6.07) is 9.10. The van der Waals surface area contributed by atoms with Gasteiger partial charge in [0.05, 0.1) is 5.70 Å². The van der Waals surface area contributed by atoms with E-state index in [2.05, 4.69) is 60.3 Å². The van der Waals surface area contributed by atoms with Crippen LogP contribution in [0.4, 0.5) is 17.3 Å². The van der Waals surface area contributed by atoms with Crippen molar-refractivity contribution in [3.8, 4) is 0 Å². The lowest BCUT2D eigenvalue weighted by Crippen LogP contribution is -2.58. The van der Waals surface area contributed by atoms with Crippen LogP contribution in [0.2, 0.25) is 5.15 Å². The number of rotatable bonds is 11. The summed E-state index contributed by atoms with van der Waals surface area (Å²) in [4.78, 5) is 16.4. The third kappa shape index (κ3) is 7.95. The molecule has 0 unspecified atom stereocenters. The van der Waals surface area contributed by atoms with E-state index in [1.165, 1.54) is 5.56 Å². The number of nitrogens with two attached hydrogens (primary N) is 3. The maximum atomic E-state index is 11.0. The molecule has 2 aromatic rings. The van der Waals surface area contributed by atoms with Crippen molar-refractivity contribution in [1.82, 2.24) is 29.8 Å². The summed E-state index contributed by atoms with van der Waals surface area (Å²) in [5.41, 5.74) is 14.9. The number of nitrogen functional groups attached to an aromatic ring is 2. The molecular formula is C26H41ClN10O2S. The Hall–Kier alpha value is -2.68. The minimum atomic E-state index is -3.76. The average molecular weight is 593 g/mol. The van der Waals surface area contributed by atoms with Gasteiger partial charge in [0.25, 0.3) is 10.2 Å². The molecule has 2 aliphatic rings. The van der Waals surface area contributed by atoms with E-state index < -0.39 is 10.2 Å². The van der Waals surface area contributed by atoms with Gasteiger partial charge < -0.3 is 21.7 Å². The number of hydrogen-bond donors (Lipinski definition) is 5. The van der Waals surface area contributed by atoms with Crippen molar-refractivity contribution in [2.24, 2.45) is 5.14 Å². The third-order valence-electron chi connectivity index (χ3n) is 7.63.